The minimum atomic E-state index is -2.84. The third-order valence-corrected chi connectivity index (χ3v) is 5.13. The van der Waals surface area contributed by atoms with Crippen molar-refractivity contribution in [1.29, 1.82) is 0 Å². The van der Waals surface area contributed by atoms with Gasteiger partial charge in [0, 0.05) is 6.54 Å². The van der Waals surface area contributed by atoms with Crippen LogP contribution in [-0.2, 0) is 28.5 Å². The number of rotatable bonds is 14. The van der Waals surface area contributed by atoms with E-state index in [0.29, 0.717) is 19.5 Å². The Hall–Kier alpha value is -1.52. The molecule has 0 amide bonds. The lowest BCUT2D eigenvalue weighted by Gasteiger charge is -2.08. The molecule has 1 unspecified atom stereocenters. The second kappa shape index (κ2) is 13.6. The molecule has 0 aliphatic carbocycles. The zero-order chi connectivity index (χ0) is 20.0. The van der Waals surface area contributed by atoms with Gasteiger partial charge in [-0.25, -0.2) is 4.39 Å². The van der Waals surface area contributed by atoms with Crippen LogP contribution in [0.2, 0.25) is 0 Å². The fourth-order valence-electron chi connectivity index (χ4n) is 3.14. The SMILES string of the molecule is O=[PH](O)OCCCNCc1ccc(CCCCCCc2ccccc2)c(F)c1. The Bertz CT molecular complexity index is 712. The Labute approximate surface area is 168 Å². The van der Waals surface area contributed by atoms with Crippen LogP contribution in [0, 0.1) is 5.82 Å². The second-order valence-corrected chi connectivity index (χ2v) is 7.79. The molecule has 0 saturated heterocycles. The molecule has 4 nitrogen and oxygen atoms in total. The summed E-state index contributed by atoms with van der Waals surface area (Å²) in [6.07, 6.45) is 7.02. The van der Waals surface area contributed by atoms with E-state index in [1.54, 1.807) is 6.07 Å². The molecule has 6 heteroatoms. The number of hydrogen-bond donors (Lipinski definition) is 2. The average Bonchev–Trinajstić information content (AvgIpc) is 2.69. The second-order valence-electron chi connectivity index (χ2n) is 6.97. The third kappa shape index (κ3) is 9.61. The van der Waals surface area contributed by atoms with Crippen LogP contribution in [0.25, 0.3) is 0 Å². The van der Waals surface area contributed by atoms with Crippen molar-refractivity contribution < 1.29 is 18.4 Å². The van der Waals surface area contributed by atoms with E-state index in [2.05, 4.69) is 34.1 Å². The van der Waals surface area contributed by atoms with Crippen LogP contribution >= 0.6 is 8.25 Å². The Morgan fingerprint density at radius 1 is 0.929 bits per heavy atom. The van der Waals surface area contributed by atoms with E-state index in [9.17, 15) is 8.96 Å². The summed E-state index contributed by atoms with van der Waals surface area (Å²) in [5.41, 5.74) is 3.07. The molecule has 2 aromatic rings. The summed E-state index contributed by atoms with van der Waals surface area (Å²) in [6.45, 7) is 1.48. The van der Waals surface area contributed by atoms with Crippen LogP contribution < -0.4 is 5.32 Å². The normalized spacial score (nSPS) is 12.2. The minimum Gasteiger partial charge on any atom is -0.326 e. The van der Waals surface area contributed by atoms with Gasteiger partial charge in [-0.1, -0.05) is 55.3 Å². The van der Waals surface area contributed by atoms with Crippen LogP contribution in [0.3, 0.4) is 0 Å². The fraction of sp³-hybridized carbons (Fsp3) is 0.455. The lowest BCUT2D eigenvalue weighted by atomic mass is 10.0. The lowest BCUT2D eigenvalue weighted by Crippen LogP contribution is -2.16. The van der Waals surface area contributed by atoms with Gasteiger partial charge in [-0.15, -0.1) is 0 Å². The number of aryl methyl sites for hydroxylation is 2. The lowest BCUT2D eigenvalue weighted by molar-refractivity contribution is 0.276. The molecule has 0 aromatic heterocycles. The van der Waals surface area contributed by atoms with Gasteiger partial charge in [0.05, 0.1) is 6.61 Å². The van der Waals surface area contributed by atoms with Gasteiger partial charge in [0.1, 0.15) is 5.82 Å². The fourth-order valence-corrected chi connectivity index (χ4v) is 3.45. The first-order valence-electron chi connectivity index (χ1n) is 10.0. The summed E-state index contributed by atoms with van der Waals surface area (Å²) in [4.78, 5) is 8.56. The summed E-state index contributed by atoms with van der Waals surface area (Å²) < 4.78 is 29.3. The van der Waals surface area contributed by atoms with E-state index >= 15 is 0 Å². The number of benzene rings is 2. The molecule has 0 fully saturated rings. The topological polar surface area (TPSA) is 58.6 Å². The molecular formula is C22H31FNO3P. The molecule has 0 spiro atoms. The summed E-state index contributed by atoms with van der Waals surface area (Å²) in [5.74, 6) is -0.134. The number of hydrogen-bond acceptors (Lipinski definition) is 3. The maximum atomic E-state index is 14.3. The van der Waals surface area contributed by atoms with Crippen molar-refractivity contribution in [2.45, 2.75) is 51.5 Å². The molecule has 1 atom stereocenters. The van der Waals surface area contributed by atoms with E-state index in [-0.39, 0.29) is 12.4 Å². The van der Waals surface area contributed by atoms with Gasteiger partial charge >= 0.3 is 8.25 Å². The zero-order valence-corrected chi connectivity index (χ0v) is 17.3. The molecular weight excluding hydrogens is 376 g/mol. The van der Waals surface area contributed by atoms with Crippen molar-refractivity contribution in [2.75, 3.05) is 13.2 Å². The van der Waals surface area contributed by atoms with Crippen LogP contribution in [0.1, 0.15) is 48.8 Å². The van der Waals surface area contributed by atoms with Crippen LogP contribution in [0.5, 0.6) is 0 Å². The van der Waals surface area contributed by atoms with Crippen molar-refractivity contribution in [3.8, 4) is 0 Å². The Kier molecular flexibility index (Phi) is 11.1. The van der Waals surface area contributed by atoms with Gasteiger partial charge in [0.15, 0.2) is 0 Å². The smallest absolute Gasteiger partial charge is 0.316 e. The summed E-state index contributed by atoms with van der Waals surface area (Å²) in [6, 6.07) is 16.0. The number of halogens is 1. The minimum absolute atomic E-state index is 0.134. The van der Waals surface area contributed by atoms with Gasteiger partial charge in [-0.05, 0) is 61.4 Å². The molecule has 2 aromatic carbocycles. The van der Waals surface area contributed by atoms with Crippen molar-refractivity contribution in [2.24, 2.45) is 0 Å². The average molecular weight is 407 g/mol. The van der Waals surface area contributed by atoms with Crippen LogP contribution in [0.4, 0.5) is 4.39 Å². The van der Waals surface area contributed by atoms with E-state index in [1.807, 2.05) is 18.2 Å². The van der Waals surface area contributed by atoms with Gasteiger partial charge < -0.3 is 14.7 Å². The highest BCUT2D eigenvalue weighted by atomic mass is 31.1. The molecule has 2 rings (SSSR count). The predicted octanol–water partition coefficient (Wildman–Crippen LogP) is 5.05. The van der Waals surface area contributed by atoms with Crippen molar-refractivity contribution in [3.63, 3.8) is 0 Å². The Morgan fingerprint density at radius 2 is 1.68 bits per heavy atom. The first-order valence-corrected chi connectivity index (χ1v) is 11.3. The standard InChI is InChI=1S/C22H31FNO3P/c23-22-17-20(18-24-15-8-16-27-28(25)26)13-14-21(22)12-7-2-1-4-9-19-10-5-3-6-11-19/h3,5-6,10-11,13-14,17,24,28H,1-2,4,7-9,12,15-16,18H2,(H,25,26). The largest absolute Gasteiger partial charge is 0.326 e. The van der Waals surface area contributed by atoms with E-state index < -0.39 is 8.25 Å². The summed E-state index contributed by atoms with van der Waals surface area (Å²) in [5, 5.41) is 3.18. The van der Waals surface area contributed by atoms with Gasteiger partial charge in [-0.2, -0.15) is 0 Å². The highest BCUT2D eigenvalue weighted by Gasteiger charge is 2.04. The molecule has 28 heavy (non-hydrogen) atoms. The van der Waals surface area contributed by atoms with Crippen LogP contribution in [-0.4, -0.2) is 18.0 Å². The monoisotopic (exact) mass is 407 g/mol. The van der Waals surface area contributed by atoms with Gasteiger partial charge in [-0.3, -0.25) is 4.57 Å². The molecule has 2 N–H and O–H groups in total. The van der Waals surface area contributed by atoms with Crippen molar-refractivity contribution in [1.82, 2.24) is 5.32 Å². The van der Waals surface area contributed by atoms with Crippen LogP contribution in [0.15, 0.2) is 48.5 Å². The molecule has 0 bridgehead atoms. The van der Waals surface area contributed by atoms with Crippen molar-refractivity contribution >= 4 is 8.25 Å². The first kappa shape index (κ1) is 22.8. The molecule has 154 valence electrons. The Morgan fingerprint density at radius 3 is 2.39 bits per heavy atom. The van der Waals surface area contributed by atoms with Crippen molar-refractivity contribution in [3.05, 3.63) is 71.0 Å². The van der Waals surface area contributed by atoms with E-state index in [0.717, 1.165) is 36.8 Å². The molecule has 0 radical (unpaired) electrons. The highest BCUT2D eigenvalue weighted by molar-refractivity contribution is 7.32. The molecule has 0 aliphatic rings. The first-order chi connectivity index (χ1) is 13.6. The Balaban J connectivity index is 1.58. The maximum absolute atomic E-state index is 14.3. The zero-order valence-electron chi connectivity index (χ0n) is 16.3. The molecule has 0 aliphatic heterocycles. The highest BCUT2D eigenvalue weighted by Crippen LogP contribution is 2.16. The number of nitrogens with one attached hydrogen (secondary N) is 1. The predicted molar refractivity (Wildman–Crippen MR) is 112 cm³/mol. The summed E-state index contributed by atoms with van der Waals surface area (Å²) in [7, 11) is -2.84. The quantitative estimate of drug-likeness (QED) is 0.340. The van der Waals surface area contributed by atoms with Gasteiger partial charge in [0.2, 0.25) is 0 Å². The van der Waals surface area contributed by atoms with E-state index in [1.165, 1.54) is 18.4 Å². The maximum Gasteiger partial charge on any atom is 0.316 e. The van der Waals surface area contributed by atoms with Gasteiger partial charge in [0.25, 0.3) is 0 Å². The summed E-state index contributed by atoms with van der Waals surface area (Å²) >= 11 is 0. The number of unbranched alkanes of at least 4 members (excludes halogenated alkanes) is 3. The van der Waals surface area contributed by atoms with E-state index in [4.69, 9.17) is 4.89 Å². The third-order valence-electron chi connectivity index (χ3n) is 4.67. The molecule has 0 heterocycles. The molecule has 0 saturated carbocycles.